The fraction of sp³-hybridized carbons (Fsp3) is 0.389. The van der Waals surface area contributed by atoms with Crippen LogP contribution in [-0.2, 0) is 0 Å². The topological polar surface area (TPSA) is 59.5 Å². The van der Waals surface area contributed by atoms with Crippen LogP contribution in [0.15, 0.2) is 39.2 Å². The van der Waals surface area contributed by atoms with E-state index in [-0.39, 0.29) is 18.0 Å². The third-order valence-corrected chi connectivity index (χ3v) is 5.16. The smallest absolute Gasteiger partial charge is 0.290 e. The second kappa shape index (κ2) is 6.40. The number of furan rings is 1. The first kappa shape index (κ1) is 16.1. The lowest BCUT2D eigenvalue weighted by Gasteiger charge is -2.38. The molecule has 122 valence electrons. The Morgan fingerprint density at radius 3 is 2.57 bits per heavy atom. The van der Waals surface area contributed by atoms with Crippen molar-refractivity contribution in [3.63, 3.8) is 0 Å². The lowest BCUT2D eigenvalue weighted by molar-refractivity contribution is 0.0479. The first-order chi connectivity index (χ1) is 11.0. The van der Waals surface area contributed by atoms with E-state index in [2.05, 4.69) is 29.8 Å². The summed E-state index contributed by atoms with van der Waals surface area (Å²) < 4.78 is 6.69. The van der Waals surface area contributed by atoms with Crippen molar-refractivity contribution in [2.24, 2.45) is 0 Å². The Balaban J connectivity index is 1.88. The first-order valence-electron chi connectivity index (χ1n) is 7.95. The standard InChI is InChI=1S/C18H21BrN2O2/c1-11-4-3-5-12(2)21(11)18(22)17-9-8-16(23-17)14-7-6-13(20)10-15(14)19/h6-12H,3-5,20H2,1-2H3. The summed E-state index contributed by atoms with van der Waals surface area (Å²) in [4.78, 5) is 14.8. The average molecular weight is 377 g/mol. The van der Waals surface area contributed by atoms with Gasteiger partial charge >= 0.3 is 0 Å². The monoisotopic (exact) mass is 376 g/mol. The minimum atomic E-state index is -0.0254. The lowest BCUT2D eigenvalue weighted by atomic mass is 9.97. The second-order valence-electron chi connectivity index (χ2n) is 6.24. The molecule has 0 spiro atoms. The summed E-state index contributed by atoms with van der Waals surface area (Å²) in [5, 5.41) is 0. The molecule has 1 aliphatic heterocycles. The number of piperidine rings is 1. The van der Waals surface area contributed by atoms with E-state index in [0.717, 1.165) is 22.9 Å². The van der Waals surface area contributed by atoms with E-state index in [4.69, 9.17) is 10.2 Å². The highest BCUT2D eigenvalue weighted by molar-refractivity contribution is 9.10. The zero-order chi connectivity index (χ0) is 16.6. The van der Waals surface area contributed by atoms with Gasteiger partial charge in [0.2, 0.25) is 0 Å². The summed E-state index contributed by atoms with van der Waals surface area (Å²) >= 11 is 3.49. The second-order valence-corrected chi connectivity index (χ2v) is 7.10. The van der Waals surface area contributed by atoms with Crippen LogP contribution in [0.1, 0.15) is 43.7 Å². The summed E-state index contributed by atoms with van der Waals surface area (Å²) in [7, 11) is 0. The minimum absolute atomic E-state index is 0.0254. The lowest BCUT2D eigenvalue weighted by Crippen LogP contribution is -2.47. The maximum atomic E-state index is 12.8. The van der Waals surface area contributed by atoms with Gasteiger partial charge in [0.15, 0.2) is 5.76 Å². The van der Waals surface area contributed by atoms with Crippen molar-refractivity contribution >= 4 is 27.5 Å². The number of anilines is 1. The van der Waals surface area contributed by atoms with Crippen molar-refractivity contribution in [1.29, 1.82) is 0 Å². The van der Waals surface area contributed by atoms with Crippen LogP contribution in [0.2, 0.25) is 0 Å². The predicted molar refractivity (Wildman–Crippen MR) is 95.2 cm³/mol. The molecule has 1 saturated heterocycles. The highest BCUT2D eigenvalue weighted by atomic mass is 79.9. The fourth-order valence-corrected chi connectivity index (χ4v) is 3.87. The molecular weight excluding hydrogens is 356 g/mol. The molecule has 2 heterocycles. The van der Waals surface area contributed by atoms with Crippen LogP contribution in [-0.4, -0.2) is 22.9 Å². The number of nitrogens with zero attached hydrogens (tertiary/aromatic N) is 1. The number of carbonyl (C=O) groups excluding carboxylic acids is 1. The summed E-state index contributed by atoms with van der Waals surface area (Å²) in [6.45, 7) is 4.21. The maximum Gasteiger partial charge on any atom is 0.290 e. The Bertz CT molecular complexity index is 716. The van der Waals surface area contributed by atoms with Gasteiger partial charge in [-0.25, -0.2) is 0 Å². The van der Waals surface area contributed by atoms with Crippen LogP contribution < -0.4 is 5.73 Å². The molecule has 5 heteroatoms. The van der Waals surface area contributed by atoms with Crippen LogP contribution >= 0.6 is 15.9 Å². The molecule has 0 aliphatic carbocycles. The first-order valence-corrected chi connectivity index (χ1v) is 8.74. The van der Waals surface area contributed by atoms with Gasteiger partial charge in [0.05, 0.1) is 0 Å². The Hall–Kier alpha value is -1.75. The normalized spacial score (nSPS) is 21.4. The molecule has 1 aromatic heterocycles. The van der Waals surface area contributed by atoms with Gasteiger partial charge in [-0.3, -0.25) is 4.79 Å². The quantitative estimate of drug-likeness (QED) is 0.772. The molecule has 2 atom stereocenters. The Morgan fingerprint density at radius 2 is 1.91 bits per heavy atom. The summed E-state index contributed by atoms with van der Waals surface area (Å²) in [5.74, 6) is 1.03. The van der Waals surface area contributed by atoms with Crippen LogP contribution in [0.3, 0.4) is 0 Å². The number of hydrogen-bond acceptors (Lipinski definition) is 3. The number of nitrogen functional groups attached to an aromatic ring is 1. The number of rotatable bonds is 2. The summed E-state index contributed by atoms with van der Waals surface area (Å²) in [6.07, 6.45) is 3.27. The molecule has 2 unspecified atom stereocenters. The van der Waals surface area contributed by atoms with E-state index < -0.39 is 0 Å². The van der Waals surface area contributed by atoms with Crippen molar-refractivity contribution in [1.82, 2.24) is 4.90 Å². The van der Waals surface area contributed by atoms with Gasteiger partial charge in [-0.2, -0.15) is 0 Å². The SMILES string of the molecule is CC1CCCC(C)N1C(=O)c1ccc(-c2ccc(N)cc2Br)o1. The highest BCUT2D eigenvalue weighted by Gasteiger charge is 2.31. The molecule has 2 aromatic rings. The number of amides is 1. The van der Waals surface area contributed by atoms with E-state index >= 15 is 0 Å². The molecule has 0 saturated carbocycles. The van der Waals surface area contributed by atoms with Gasteiger partial charge < -0.3 is 15.1 Å². The van der Waals surface area contributed by atoms with Crippen LogP contribution in [0.5, 0.6) is 0 Å². The largest absolute Gasteiger partial charge is 0.451 e. The van der Waals surface area contributed by atoms with E-state index in [1.54, 1.807) is 6.07 Å². The van der Waals surface area contributed by atoms with Gasteiger partial charge in [-0.05, 0) is 79.4 Å². The summed E-state index contributed by atoms with van der Waals surface area (Å²) in [6, 6.07) is 9.63. The molecule has 2 N–H and O–H groups in total. The maximum absolute atomic E-state index is 12.8. The molecule has 1 amide bonds. The summed E-state index contributed by atoms with van der Waals surface area (Å²) in [5.41, 5.74) is 7.33. The van der Waals surface area contributed by atoms with Gasteiger partial charge in [0.25, 0.3) is 5.91 Å². The zero-order valence-electron chi connectivity index (χ0n) is 13.4. The van der Waals surface area contributed by atoms with Crippen LogP contribution in [0, 0.1) is 0 Å². The van der Waals surface area contributed by atoms with Crippen molar-refractivity contribution in [2.75, 3.05) is 5.73 Å². The fourth-order valence-electron chi connectivity index (χ4n) is 3.28. The van der Waals surface area contributed by atoms with E-state index in [1.165, 1.54) is 6.42 Å². The molecule has 1 aromatic carbocycles. The van der Waals surface area contributed by atoms with Gasteiger partial charge in [-0.1, -0.05) is 0 Å². The third-order valence-electron chi connectivity index (χ3n) is 4.50. The molecular formula is C18H21BrN2O2. The number of likely N-dealkylation sites (tertiary alicyclic amines) is 1. The molecule has 4 nitrogen and oxygen atoms in total. The molecule has 1 aliphatic rings. The number of benzene rings is 1. The molecule has 0 radical (unpaired) electrons. The van der Waals surface area contributed by atoms with E-state index in [0.29, 0.717) is 17.2 Å². The Labute approximate surface area is 144 Å². The van der Waals surface area contributed by atoms with Crippen molar-refractivity contribution in [3.05, 3.63) is 40.6 Å². The number of hydrogen-bond donors (Lipinski definition) is 1. The average Bonchev–Trinajstić information content (AvgIpc) is 2.96. The number of halogens is 1. The molecule has 1 fully saturated rings. The van der Waals surface area contributed by atoms with Crippen LogP contribution in [0.4, 0.5) is 5.69 Å². The van der Waals surface area contributed by atoms with Crippen LogP contribution in [0.25, 0.3) is 11.3 Å². The molecule has 23 heavy (non-hydrogen) atoms. The van der Waals surface area contributed by atoms with Crippen molar-refractivity contribution < 1.29 is 9.21 Å². The molecule has 3 rings (SSSR count). The minimum Gasteiger partial charge on any atom is -0.451 e. The van der Waals surface area contributed by atoms with Gasteiger partial charge in [0, 0.05) is 27.8 Å². The number of carbonyl (C=O) groups is 1. The van der Waals surface area contributed by atoms with E-state index in [1.807, 2.05) is 29.2 Å². The van der Waals surface area contributed by atoms with Gasteiger partial charge in [-0.15, -0.1) is 0 Å². The third kappa shape index (κ3) is 3.15. The van der Waals surface area contributed by atoms with Gasteiger partial charge in [0.1, 0.15) is 5.76 Å². The molecule has 0 bridgehead atoms. The van der Waals surface area contributed by atoms with Crippen molar-refractivity contribution in [2.45, 2.75) is 45.2 Å². The predicted octanol–water partition coefficient (Wildman–Crippen LogP) is 4.69. The number of nitrogens with two attached hydrogens (primary N) is 1. The van der Waals surface area contributed by atoms with Crippen molar-refractivity contribution in [3.8, 4) is 11.3 Å². The zero-order valence-corrected chi connectivity index (χ0v) is 15.0. The van der Waals surface area contributed by atoms with E-state index in [9.17, 15) is 4.79 Å². The Kier molecular flexibility index (Phi) is 4.48. The highest BCUT2D eigenvalue weighted by Crippen LogP contribution is 2.32. The Morgan fingerprint density at radius 1 is 1.22 bits per heavy atom.